The van der Waals surface area contributed by atoms with Crippen molar-refractivity contribution in [3.8, 4) is 0 Å². The van der Waals surface area contributed by atoms with Gasteiger partial charge in [0.15, 0.2) is 0 Å². The van der Waals surface area contributed by atoms with Crippen molar-refractivity contribution >= 4 is 17.3 Å². The number of hydrogen-bond acceptors (Lipinski definition) is 3. The summed E-state index contributed by atoms with van der Waals surface area (Å²) < 4.78 is 13.7. The summed E-state index contributed by atoms with van der Waals surface area (Å²) in [5.41, 5.74) is 5.58. The van der Waals surface area contributed by atoms with Gasteiger partial charge in [-0.15, -0.1) is 0 Å². The van der Waals surface area contributed by atoms with Crippen molar-refractivity contribution < 1.29 is 14.3 Å². The van der Waals surface area contributed by atoms with Crippen LogP contribution < -0.4 is 11.1 Å². The quantitative estimate of drug-likeness (QED) is 0.704. The van der Waals surface area contributed by atoms with Crippen LogP contribution in [0.25, 0.3) is 0 Å². The molecule has 98 valence electrons. The first-order valence-corrected chi connectivity index (χ1v) is 6.11. The summed E-state index contributed by atoms with van der Waals surface area (Å²) in [7, 11) is 0. The third kappa shape index (κ3) is 2.55. The number of aromatic carboxylic acids is 1. The summed E-state index contributed by atoms with van der Waals surface area (Å²) in [6.45, 7) is 2.11. The molecule has 1 aliphatic carbocycles. The molecule has 0 saturated heterocycles. The van der Waals surface area contributed by atoms with Crippen LogP contribution in [-0.2, 0) is 0 Å². The van der Waals surface area contributed by atoms with Crippen LogP contribution >= 0.6 is 0 Å². The second-order valence-electron chi connectivity index (χ2n) is 4.76. The zero-order valence-electron chi connectivity index (χ0n) is 10.2. The number of nitrogens with one attached hydrogen (secondary N) is 1. The second-order valence-corrected chi connectivity index (χ2v) is 4.76. The Morgan fingerprint density at radius 3 is 2.94 bits per heavy atom. The predicted molar refractivity (Wildman–Crippen MR) is 68.2 cm³/mol. The molecule has 2 atom stereocenters. The third-order valence-corrected chi connectivity index (χ3v) is 3.29. The van der Waals surface area contributed by atoms with Crippen LogP contribution in [0.1, 0.15) is 36.5 Å². The summed E-state index contributed by atoms with van der Waals surface area (Å²) in [5.74, 6) is -1.07. The van der Waals surface area contributed by atoms with Crippen LogP contribution in [0.5, 0.6) is 0 Å². The van der Waals surface area contributed by atoms with E-state index in [0.717, 1.165) is 25.3 Å². The van der Waals surface area contributed by atoms with E-state index in [4.69, 9.17) is 10.8 Å². The van der Waals surface area contributed by atoms with Crippen molar-refractivity contribution in [3.63, 3.8) is 0 Å². The van der Waals surface area contributed by atoms with Crippen molar-refractivity contribution in [1.29, 1.82) is 0 Å². The van der Waals surface area contributed by atoms with Crippen LogP contribution in [0.2, 0.25) is 0 Å². The number of anilines is 2. The highest BCUT2D eigenvalue weighted by molar-refractivity contribution is 5.94. The molecule has 1 aromatic rings. The summed E-state index contributed by atoms with van der Waals surface area (Å²) in [6, 6.07) is 2.59. The second kappa shape index (κ2) is 4.84. The Labute approximate surface area is 105 Å². The van der Waals surface area contributed by atoms with E-state index >= 15 is 0 Å². The van der Waals surface area contributed by atoms with Crippen LogP contribution in [-0.4, -0.2) is 17.1 Å². The lowest BCUT2D eigenvalue weighted by Gasteiger charge is -2.10. The minimum absolute atomic E-state index is 0.0496. The molecule has 0 heterocycles. The highest BCUT2D eigenvalue weighted by atomic mass is 19.1. The van der Waals surface area contributed by atoms with Crippen molar-refractivity contribution in [2.75, 3.05) is 11.1 Å². The van der Waals surface area contributed by atoms with Gasteiger partial charge in [-0.3, -0.25) is 0 Å². The molecule has 0 aliphatic heterocycles. The van der Waals surface area contributed by atoms with Gasteiger partial charge in [0.1, 0.15) is 5.82 Å². The van der Waals surface area contributed by atoms with Gasteiger partial charge in [0, 0.05) is 11.7 Å². The lowest BCUT2D eigenvalue weighted by Crippen LogP contribution is -2.10. The molecule has 5 heteroatoms. The number of nitrogens with two attached hydrogens (primary N) is 1. The number of halogens is 1. The number of benzene rings is 1. The maximum absolute atomic E-state index is 13.7. The number of rotatable bonds is 5. The maximum Gasteiger partial charge on any atom is 0.337 e. The molecule has 0 radical (unpaired) electrons. The maximum atomic E-state index is 13.7. The number of carboxylic acids is 1. The van der Waals surface area contributed by atoms with Gasteiger partial charge >= 0.3 is 5.97 Å². The van der Waals surface area contributed by atoms with Crippen molar-refractivity contribution in [2.45, 2.75) is 32.2 Å². The van der Waals surface area contributed by atoms with E-state index in [1.54, 1.807) is 0 Å². The Bertz CT molecular complexity index is 476. The summed E-state index contributed by atoms with van der Waals surface area (Å²) in [6.07, 6.45) is 3.23. The number of carbonyl (C=O) groups is 1. The zero-order chi connectivity index (χ0) is 13.3. The van der Waals surface area contributed by atoms with E-state index in [2.05, 4.69) is 12.2 Å². The highest BCUT2D eigenvalue weighted by Crippen LogP contribution is 2.38. The smallest absolute Gasteiger partial charge is 0.337 e. The van der Waals surface area contributed by atoms with Crippen molar-refractivity contribution in [3.05, 3.63) is 23.5 Å². The Balaban J connectivity index is 2.13. The Hall–Kier alpha value is -1.78. The summed E-state index contributed by atoms with van der Waals surface area (Å²) >= 11 is 0. The van der Waals surface area contributed by atoms with E-state index in [9.17, 15) is 9.18 Å². The van der Waals surface area contributed by atoms with E-state index in [1.807, 2.05) is 0 Å². The molecule has 1 fully saturated rings. The molecule has 2 unspecified atom stereocenters. The van der Waals surface area contributed by atoms with Gasteiger partial charge in [-0.2, -0.15) is 0 Å². The molecular formula is C13H17FN2O2. The normalized spacial score (nSPS) is 21.7. The van der Waals surface area contributed by atoms with Crippen molar-refractivity contribution in [1.82, 2.24) is 0 Å². The van der Waals surface area contributed by atoms with E-state index in [1.165, 1.54) is 6.07 Å². The highest BCUT2D eigenvalue weighted by Gasteiger charge is 2.36. The Kier molecular flexibility index (Phi) is 3.41. The van der Waals surface area contributed by atoms with Gasteiger partial charge in [-0.25, -0.2) is 9.18 Å². The van der Waals surface area contributed by atoms with Crippen LogP contribution in [0.4, 0.5) is 15.8 Å². The molecule has 1 aliphatic rings. The molecule has 0 amide bonds. The average Bonchev–Trinajstić information content (AvgIpc) is 3.00. The number of carboxylic acid groups (broad SMARTS) is 1. The van der Waals surface area contributed by atoms with Gasteiger partial charge < -0.3 is 16.2 Å². The molecule has 1 aromatic carbocycles. The first kappa shape index (κ1) is 12.7. The van der Waals surface area contributed by atoms with E-state index in [0.29, 0.717) is 5.92 Å². The van der Waals surface area contributed by atoms with Gasteiger partial charge in [0.25, 0.3) is 0 Å². The van der Waals surface area contributed by atoms with Gasteiger partial charge in [0.2, 0.25) is 0 Å². The summed E-state index contributed by atoms with van der Waals surface area (Å²) in [4.78, 5) is 10.9. The molecule has 18 heavy (non-hydrogen) atoms. The fraction of sp³-hybridized carbons (Fsp3) is 0.462. The molecule has 0 bridgehead atoms. The van der Waals surface area contributed by atoms with E-state index < -0.39 is 11.8 Å². The van der Waals surface area contributed by atoms with E-state index in [-0.39, 0.29) is 23.0 Å². The van der Waals surface area contributed by atoms with Crippen LogP contribution in [0, 0.1) is 11.7 Å². The topological polar surface area (TPSA) is 75.3 Å². The lowest BCUT2D eigenvalue weighted by molar-refractivity contribution is 0.0698. The minimum Gasteiger partial charge on any atom is -0.478 e. The summed E-state index contributed by atoms with van der Waals surface area (Å²) in [5, 5.41) is 12.0. The molecule has 4 nitrogen and oxygen atoms in total. The monoisotopic (exact) mass is 252 g/mol. The number of hydrogen-bond donors (Lipinski definition) is 3. The first-order valence-electron chi connectivity index (χ1n) is 6.11. The Morgan fingerprint density at radius 2 is 2.33 bits per heavy atom. The number of nitrogen functional groups attached to an aromatic ring is 1. The SMILES string of the molecule is CCCC1CC1Nc1cc(C(=O)O)c(N)cc1F. The largest absolute Gasteiger partial charge is 0.478 e. The average molecular weight is 252 g/mol. The van der Waals surface area contributed by atoms with Gasteiger partial charge in [0.05, 0.1) is 11.3 Å². The molecule has 0 aromatic heterocycles. The van der Waals surface area contributed by atoms with Crippen LogP contribution in [0.3, 0.4) is 0 Å². The molecule has 0 spiro atoms. The lowest BCUT2D eigenvalue weighted by atomic mass is 10.1. The van der Waals surface area contributed by atoms with Crippen LogP contribution in [0.15, 0.2) is 12.1 Å². The fourth-order valence-electron chi connectivity index (χ4n) is 2.20. The molecule has 1 saturated carbocycles. The predicted octanol–water partition coefficient (Wildman–Crippen LogP) is 2.71. The fourth-order valence-corrected chi connectivity index (χ4v) is 2.20. The Morgan fingerprint density at radius 1 is 1.61 bits per heavy atom. The zero-order valence-corrected chi connectivity index (χ0v) is 10.2. The third-order valence-electron chi connectivity index (χ3n) is 3.29. The van der Waals surface area contributed by atoms with Crippen molar-refractivity contribution in [2.24, 2.45) is 5.92 Å². The van der Waals surface area contributed by atoms with Gasteiger partial charge in [-0.05, 0) is 30.9 Å². The first-order chi connectivity index (χ1) is 8.52. The molecular weight excluding hydrogens is 235 g/mol. The molecule has 2 rings (SSSR count). The van der Waals surface area contributed by atoms with Gasteiger partial charge in [-0.1, -0.05) is 13.3 Å². The molecule has 4 N–H and O–H groups in total. The minimum atomic E-state index is -1.14. The standard InChI is InChI=1S/C13H17FN2O2/c1-2-3-7-4-11(7)16-12-5-8(13(17)18)10(15)6-9(12)14/h5-7,11,16H,2-4,15H2,1H3,(H,17,18).